The van der Waals surface area contributed by atoms with Gasteiger partial charge in [0, 0.05) is 35.6 Å². The first-order valence-corrected chi connectivity index (χ1v) is 9.69. The van der Waals surface area contributed by atoms with E-state index in [-0.39, 0.29) is 11.9 Å². The van der Waals surface area contributed by atoms with E-state index in [9.17, 15) is 9.59 Å². The smallest absolute Gasteiger partial charge is 0.321 e. The Morgan fingerprint density at radius 2 is 1.52 bits per heavy atom. The lowest BCUT2D eigenvalue weighted by Gasteiger charge is -2.20. The monoisotopic (exact) mass is 419 g/mol. The highest BCUT2D eigenvalue weighted by Crippen LogP contribution is 2.25. The molecule has 0 saturated carbocycles. The maximum atomic E-state index is 12.6. The van der Waals surface area contributed by atoms with Gasteiger partial charge in [-0.25, -0.2) is 4.79 Å². The number of nitrogens with one attached hydrogen (secondary N) is 2. The Hall–Kier alpha value is -4.00. The van der Waals surface area contributed by atoms with Crippen molar-refractivity contribution in [3.8, 4) is 11.5 Å². The van der Waals surface area contributed by atoms with Crippen molar-refractivity contribution < 1.29 is 19.1 Å². The molecule has 160 valence electrons. The zero-order valence-corrected chi connectivity index (χ0v) is 17.7. The van der Waals surface area contributed by atoms with Gasteiger partial charge < -0.3 is 25.0 Å². The van der Waals surface area contributed by atoms with Crippen LogP contribution in [0.4, 0.5) is 16.2 Å². The quantitative estimate of drug-likeness (QED) is 0.586. The van der Waals surface area contributed by atoms with Crippen LogP contribution in [0.2, 0.25) is 0 Å². The van der Waals surface area contributed by atoms with E-state index < -0.39 is 0 Å². The predicted molar refractivity (Wildman–Crippen MR) is 121 cm³/mol. The summed E-state index contributed by atoms with van der Waals surface area (Å²) in [5, 5.41) is 5.66. The number of carbonyl (C=O) groups is 2. The number of para-hydroxylation sites is 1. The zero-order valence-electron chi connectivity index (χ0n) is 17.7. The lowest BCUT2D eigenvalue weighted by atomic mass is 10.1. The Bertz CT molecular complexity index is 1040. The molecule has 3 rings (SSSR count). The summed E-state index contributed by atoms with van der Waals surface area (Å²) in [6.07, 6.45) is 0. The molecule has 0 aliphatic heterocycles. The number of nitrogens with zero attached hydrogens (tertiary/aromatic N) is 1. The molecule has 3 aromatic rings. The van der Waals surface area contributed by atoms with Crippen LogP contribution in [-0.2, 0) is 6.54 Å². The molecular formula is C24H25N3O4. The molecule has 2 N–H and O–H groups in total. The van der Waals surface area contributed by atoms with Gasteiger partial charge in [0.1, 0.15) is 11.5 Å². The summed E-state index contributed by atoms with van der Waals surface area (Å²) in [4.78, 5) is 26.4. The molecule has 0 unspecified atom stereocenters. The van der Waals surface area contributed by atoms with Gasteiger partial charge in [0.2, 0.25) is 0 Å². The summed E-state index contributed by atoms with van der Waals surface area (Å²) in [7, 11) is 4.86. The molecule has 7 heteroatoms. The van der Waals surface area contributed by atoms with Crippen LogP contribution in [0.5, 0.6) is 11.5 Å². The molecule has 3 amide bonds. The van der Waals surface area contributed by atoms with Crippen LogP contribution in [0, 0.1) is 0 Å². The highest BCUT2D eigenvalue weighted by atomic mass is 16.5. The van der Waals surface area contributed by atoms with E-state index in [0.717, 1.165) is 11.3 Å². The number of benzene rings is 3. The van der Waals surface area contributed by atoms with Crippen LogP contribution < -0.4 is 20.1 Å². The fourth-order valence-corrected chi connectivity index (χ4v) is 2.96. The minimum absolute atomic E-state index is 0.215. The number of hydrogen-bond donors (Lipinski definition) is 2. The van der Waals surface area contributed by atoms with Gasteiger partial charge in [-0.1, -0.05) is 18.2 Å². The van der Waals surface area contributed by atoms with Crippen LogP contribution in [-0.4, -0.2) is 38.1 Å². The molecule has 0 spiro atoms. The van der Waals surface area contributed by atoms with Gasteiger partial charge in [0.05, 0.1) is 20.8 Å². The Balaban J connectivity index is 1.59. The highest BCUT2D eigenvalue weighted by molar-refractivity contribution is 6.04. The number of methoxy groups -OCH3 is 2. The number of hydrogen-bond acceptors (Lipinski definition) is 4. The molecule has 7 nitrogen and oxygen atoms in total. The van der Waals surface area contributed by atoms with Gasteiger partial charge in [-0.2, -0.15) is 0 Å². The number of amides is 3. The summed E-state index contributed by atoms with van der Waals surface area (Å²) < 4.78 is 10.6. The van der Waals surface area contributed by atoms with Crippen molar-refractivity contribution in [1.29, 1.82) is 0 Å². The van der Waals surface area contributed by atoms with E-state index >= 15 is 0 Å². The van der Waals surface area contributed by atoms with E-state index in [1.165, 1.54) is 0 Å². The highest BCUT2D eigenvalue weighted by Gasteiger charge is 2.14. The van der Waals surface area contributed by atoms with Crippen LogP contribution >= 0.6 is 0 Å². The van der Waals surface area contributed by atoms with E-state index in [4.69, 9.17) is 9.47 Å². The maximum Gasteiger partial charge on any atom is 0.321 e. The lowest BCUT2D eigenvalue weighted by Crippen LogP contribution is -2.31. The number of ether oxygens (including phenoxy) is 2. The lowest BCUT2D eigenvalue weighted by molar-refractivity contribution is 0.102. The van der Waals surface area contributed by atoms with Gasteiger partial charge >= 0.3 is 6.03 Å². The predicted octanol–water partition coefficient (Wildman–Crippen LogP) is 4.62. The van der Waals surface area contributed by atoms with Crippen LogP contribution in [0.15, 0.2) is 72.8 Å². The minimum Gasteiger partial charge on any atom is -0.497 e. The summed E-state index contributed by atoms with van der Waals surface area (Å²) in [5.74, 6) is 1.12. The fourth-order valence-electron chi connectivity index (χ4n) is 2.96. The molecule has 0 fully saturated rings. The molecule has 3 aromatic carbocycles. The standard InChI is InChI=1S/C24H25N3O4/c1-27(16-18-11-14-21(30-2)15-22(18)31-3)24(29)26-20-12-9-17(10-13-20)23(28)25-19-7-5-4-6-8-19/h4-15H,16H2,1-3H3,(H,25,28)(H,26,29). The topological polar surface area (TPSA) is 79.9 Å². The van der Waals surface area contributed by atoms with Gasteiger partial charge in [-0.05, 0) is 48.5 Å². The maximum absolute atomic E-state index is 12.6. The first kappa shape index (κ1) is 21.7. The van der Waals surface area contributed by atoms with Crippen LogP contribution in [0.3, 0.4) is 0 Å². The van der Waals surface area contributed by atoms with Gasteiger partial charge in [0.25, 0.3) is 5.91 Å². The summed E-state index contributed by atoms with van der Waals surface area (Å²) in [6, 6.07) is 21.1. The molecule has 0 aliphatic rings. The molecule has 0 radical (unpaired) electrons. The molecule has 0 bridgehead atoms. The number of anilines is 2. The molecule has 0 aromatic heterocycles. The second-order valence-corrected chi connectivity index (χ2v) is 6.86. The molecule has 0 saturated heterocycles. The molecule has 0 heterocycles. The van der Waals surface area contributed by atoms with E-state index in [1.54, 1.807) is 56.5 Å². The average molecular weight is 419 g/mol. The van der Waals surface area contributed by atoms with Crippen molar-refractivity contribution >= 4 is 23.3 Å². The summed E-state index contributed by atoms with van der Waals surface area (Å²) >= 11 is 0. The minimum atomic E-state index is -0.278. The van der Waals surface area contributed by atoms with Crippen molar-refractivity contribution in [1.82, 2.24) is 4.90 Å². The van der Waals surface area contributed by atoms with Crippen molar-refractivity contribution in [2.75, 3.05) is 31.9 Å². The second kappa shape index (κ2) is 10.2. The third-order valence-electron chi connectivity index (χ3n) is 4.68. The largest absolute Gasteiger partial charge is 0.497 e. The van der Waals surface area contributed by atoms with Crippen molar-refractivity contribution in [3.63, 3.8) is 0 Å². The van der Waals surface area contributed by atoms with Crippen molar-refractivity contribution in [3.05, 3.63) is 83.9 Å². The molecular weight excluding hydrogens is 394 g/mol. The second-order valence-electron chi connectivity index (χ2n) is 6.86. The summed E-state index contributed by atoms with van der Waals surface area (Å²) in [6.45, 7) is 0.358. The third kappa shape index (κ3) is 5.76. The van der Waals surface area contributed by atoms with E-state index in [2.05, 4.69) is 10.6 Å². The number of urea groups is 1. The van der Waals surface area contributed by atoms with Crippen molar-refractivity contribution in [2.45, 2.75) is 6.54 Å². The fraction of sp³-hybridized carbons (Fsp3) is 0.167. The van der Waals surface area contributed by atoms with Crippen LogP contribution in [0.1, 0.15) is 15.9 Å². The third-order valence-corrected chi connectivity index (χ3v) is 4.68. The average Bonchev–Trinajstić information content (AvgIpc) is 2.80. The number of carbonyl (C=O) groups excluding carboxylic acids is 2. The van der Waals surface area contributed by atoms with Crippen LogP contribution in [0.25, 0.3) is 0 Å². The van der Waals surface area contributed by atoms with Gasteiger partial charge in [0.15, 0.2) is 0 Å². The normalized spacial score (nSPS) is 10.2. The SMILES string of the molecule is COc1ccc(CN(C)C(=O)Nc2ccc(C(=O)Nc3ccccc3)cc2)c(OC)c1. The zero-order chi connectivity index (χ0) is 22.2. The summed E-state index contributed by atoms with van der Waals surface area (Å²) in [5.41, 5.74) is 2.67. The first-order valence-electron chi connectivity index (χ1n) is 9.69. The Labute approximate surface area is 181 Å². The number of rotatable bonds is 7. The van der Waals surface area contributed by atoms with E-state index in [1.807, 2.05) is 42.5 Å². The van der Waals surface area contributed by atoms with Gasteiger partial charge in [-0.3, -0.25) is 4.79 Å². The molecule has 0 atom stereocenters. The molecule has 0 aliphatic carbocycles. The van der Waals surface area contributed by atoms with E-state index in [0.29, 0.717) is 29.3 Å². The van der Waals surface area contributed by atoms with Crippen molar-refractivity contribution in [2.24, 2.45) is 0 Å². The Morgan fingerprint density at radius 1 is 0.839 bits per heavy atom. The Kier molecular flexibility index (Phi) is 7.11. The van der Waals surface area contributed by atoms with Gasteiger partial charge in [-0.15, -0.1) is 0 Å². The Morgan fingerprint density at radius 3 is 2.16 bits per heavy atom. The first-order chi connectivity index (χ1) is 15.0. The molecule has 31 heavy (non-hydrogen) atoms.